The van der Waals surface area contributed by atoms with Crippen LogP contribution in [-0.2, 0) is 14.4 Å². The number of rotatable bonds is 14. The summed E-state index contributed by atoms with van der Waals surface area (Å²) in [6, 6.07) is 15.5. The van der Waals surface area contributed by atoms with Crippen molar-refractivity contribution in [2.75, 3.05) is 43.8 Å². The number of para-hydroxylation sites is 2. The van der Waals surface area contributed by atoms with Crippen molar-refractivity contribution in [3.8, 4) is 28.7 Å². The molecule has 1 aliphatic rings. The monoisotopic (exact) mass is 617 g/mol. The Labute approximate surface area is 260 Å². The number of methoxy groups -OCH3 is 1. The van der Waals surface area contributed by atoms with Gasteiger partial charge in [0, 0.05) is 6.07 Å². The number of barbiturate groups is 1. The van der Waals surface area contributed by atoms with Gasteiger partial charge in [-0.25, -0.2) is 9.69 Å². The smallest absolute Gasteiger partial charge is 0.335 e. The van der Waals surface area contributed by atoms with Crippen LogP contribution in [0.4, 0.5) is 16.2 Å². The number of hydrogen-bond donors (Lipinski definition) is 2. The fraction of sp³-hybridized carbons (Fsp3) is 0.273. The summed E-state index contributed by atoms with van der Waals surface area (Å²) in [5, 5.41) is 4.95. The van der Waals surface area contributed by atoms with Crippen molar-refractivity contribution in [3.63, 3.8) is 0 Å². The lowest BCUT2D eigenvalue weighted by atomic mass is 10.1. The third-order valence-corrected chi connectivity index (χ3v) is 6.37. The largest absolute Gasteiger partial charge is 0.495 e. The molecule has 0 unspecified atom stereocenters. The van der Waals surface area contributed by atoms with Crippen LogP contribution in [-0.4, -0.2) is 57.3 Å². The van der Waals surface area contributed by atoms with Crippen molar-refractivity contribution in [3.05, 3.63) is 71.8 Å². The van der Waals surface area contributed by atoms with E-state index < -0.39 is 23.8 Å². The van der Waals surface area contributed by atoms with Crippen LogP contribution in [0.2, 0.25) is 0 Å². The lowest BCUT2D eigenvalue weighted by Crippen LogP contribution is -2.54. The summed E-state index contributed by atoms with van der Waals surface area (Å²) >= 11 is 0. The maximum absolute atomic E-state index is 13.5. The second-order valence-corrected chi connectivity index (χ2v) is 9.55. The molecule has 0 spiro atoms. The number of imide groups is 2. The minimum atomic E-state index is -0.892. The Morgan fingerprint density at radius 1 is 0.822 bits per heavy atom. The molecule has 0 radical (unpaired) electrons. The molecule has 12 nitrogen and oxygen atoms in total. The van der Waals surface area contributed by atoms with Gasteiger partial charge in [-0.3, -0.25) is 19.7 Å². The van der Waals surface area contributed by atoms with Crippen LogP contribution in [0.3, 0.4) is 0 Å². The zero-order valence-electron chi connectivity index (χ0n) is 25.5. The van der Waals surface area contributed by atoms with E-state index in [-0.39, 0.29) is 36.0 Å². The average molecular weight is 618 g/mol. The van der Waals surface area contributed by atoms with Crippen LogP contribution in [0.25, 0.3) is 6.08 Å². The van der Waals surface area contributed by atoms with Crippen LogP contribution in [0.1, 0.15) is 32.8 Å². The second-order valence-electron chi connectivity index (χ2n) is 9.55. The highest BCUT2D eigenvalue weighted by Crippen LogP contribution is 2.34. The molecule has 5 amide bonds. The van der Waals surface area contributed by atoms with E-state index in [2.05, 4.69) is 10.6 Å². The topological polar surface area (TPSA) is 142 Å². The maximum Gasteiger partial charge on any atom is 0.335 e. The van der Waals surface area contributed by atoms with Gasteiger partial charge in [0.15, 0.2) is 29.6 Å². The number of carbonyl (C=O) groups excluding carboxylic acids is 4. The molecule has 0 aliphatic carbocycles. The van der Waals surface area contributed by atoms with Crippen molar-refractivity contribution in [2.45, 2.75) is 27.2 Å². The third-order valence-electron chi connectivity index (χ3n) is 6.37. The van der Waals surface area contributed by atoms with Gasteiger partial charge in [0.25, 0.3) is 17.7 Å². The van der Waals surface area contributed by atoms with E-state index >= 15 is 0 Å². The number of hydrogen-bond acceptors (Lipinski definition) is 9. The molecule has 0 bridgehead atoms. The van der Waals surface area contributed by atoms with E-state index in [1.807, 2.05) is 6.92 Å². The fourth-order valence-electron chi connectivity index (χ4n) is 4.37. The van der Waals surface area contributed by atoms with Crippen molar-refractivity contribution in [2.24, 2.45) is 0 Å². The van der Waals surface area contributed by atoms with Gasteiger partial charge in [-0.05, 0) is 68.3 Å². The minimum absolute atomic E-state index is 0.202. The molecular formula is C33H35N3O9. The molecule has 4 rings (SSSR count). The van der Waals surface area contributed by atoms with Gasteiger partial charge in [0.2, 0.25) is 0 Å². The van der Waals surface area contributed by atoms with Crippen LogP contribution in [0.15, 0.2) is 66.2 Å². The molecule has 0 atom stereocenters. The van der Waals surface area contributed by atoms with Crippen molar-refractivity contribution < 1.29 is 42.9 Å². The molecule has 1 aliphatic heterocycles. The Hall–Kier alpha value is -5.52. The Morgan fingerprint density at radius 3 is 2.22 bits per heavy atom. The van der Waals surface area contributed by atoms with E-state index in [0.29, 0.717) is 41.7 Å². The van der Waals surface area contributed by atoms with E-state index in [1.54, 1.807) is 68.4 Å². The summed E-state index contributed by atoms with van der Waals surface area (Å²) < 4.78 is 28.1. The van der Waals surface area contributed by atoms with Gasteiger partial charge < -0.3 is 29.0 Å². The summed E-state index contributed by atoms with van der Waals surface area (Å²) in [6.45, 7) is 6.32. The molecular weight excluding hydrogens is 582 g/mol. The van der Waals surface area contributed by atoms with E-state index in [9.17, 15) is 19.2 Å². The number of benzene rings is 3. The first-order valence-corrected chi connectivity index (χ1v) is 14.4. The first-order valence-electron chi connectivity index (χ1n) is 14.4. The number of carbonyl (C=O) groups is 4. The minimum Gasteiger partial charge on any atom is -0.495 e. The van der Waals surface area contributed by atoms with Gasteiger partial charge >= 0.3 is 6.03 Å². The standard InChI is InChI=1S/C33H35N3O9/c1-5-16-44-26-15-13-22(19-29(26)43-7-3)36-32(39)23(31(38)35-33(36)40)17-21-12-14-27(28(18-21)42-6-2)45-20-30(37)34-24-10-8-9-11-25(24)41-4/h8-15,17-19H,5-7,16,20H2,1-4H3,(H,34,37)(H,35,38,40)/b23-17+. The molecule has 3 aromatic carbocycles. The molecule has 236 valence electrons. The lowest BCUT2D eigenvalue weighted by molar-refractivity contribution is -0.122. The lowest BCUT2D eigenvalue weighted by Gasteiger charge is -2.27. The summed E-state index contributed by atoms with van der Waals surface area (Å²) in [5.41, 5.74) is 0.855. The number of nitrogens with one attached hydrogen (secondary N) is 2. The van der Waals surface area contributed by atoms with E-state index in [1.165, 1.54) is 19.3 Å². The molecule has 1 heterocycles. The van der Waals surface area contributed by atoms with Crippen LogP contribution >= 0.6 is 0 Å². The molecule has 0 saturated carbocycles. The molecule has 12 heteroatoms. The molecule has 2 N–H and O–H groups in total. The van der Waals surface area contributed by atoms with Crippen LogP contribution < -0.4 is 39.2 Å². The molecule has 3 aromatic rings. The molecule has 1 saturated heterocycles. The SMILES string of the molecule is CCCOc1ccc(N2C(=O)NC(=O)/C(=C\c3ccc(OCC(=O)Nc4ccccc4OC)c(OCC)c3)C2=O)cc1OCC. The molecule has 0 aromatic heterocycles. The predicted octanol–water partition coefficient (Wildman–Crippen LogP) is 4.97. The van der Waals surface area contributed by atoms with Gasteiger partial charge in [-0.15, -0.1) is 0 Å². The van der Waals surface area contributed by atoms with Gasteiger partial charge in [0.1, 0.15) is 11.3 Å². The Balaban J connectivity index is 1.55. The molecule has 1 fully saturated rings. The quantitative estimate of drug-likeness (QED) is 0.190. The van der Waals surface area contributed by atoms with Crippen LogP contribution in [0.5, 0.6) is 28.7 Å². The first-order chi connectivity index (χ1) is 21.8. The number of anilines is 2. The normalized spacial score (nSPS) is 13.7. The highest BCUT2D eigenvalue weighted by molar-refractivity contribution is 6.39. The number of amides is 5. The van der Waals surface area contributed by atoms with E-state index in [0.717, 1.165) is 11.3 Å². The average Bonchev–Trinajstić information content (AvgIpc) is 3.02. The number of nitrogens with zero attached hydrogens (tertiary/aromatic N) is 1. The van der Waals surface area contributed by atoms with Crippen molar-refractivity contribution in [1.82, 2.24) is 5.32 Å². The first kappa shape index (κ1) is 32.4. The van der Waals surface area contributed by atoms with Gasteiger partial charge in [-0.2, -0.15) is 0 Å². The zero-order chi connectivity index (χ0) is 32.3. The highest BCUT2D eigenvalue weighted by atomic mass is 16.5. The predicted molar refractivity (Wildman–Crippen MR) is 167 cm³/mol. The Morgan fingerprint density at radius 2 is 1.51 bits per heavy atom. The summed E-state index contributed by atoms with van der Waals surface area (Å²) in [6.07, 6.45) is 2.13. The van der Waals surface area contributed by atoms with E-state index in [4.69, 9.17) is 23.7 Å². The second kappa shape index (κ2) is 15.3. The van der Waals surface area contributed by atoms with Crippen LogP contribution in [0, 0.1) is 0 Å². The van der Waals surface area contributed by atoms with Gasteiger partial charge in [-0.1, -0.05) is 25.1 Å². The number of ether oxygens (including phenoxy) is 5. The third kappa shape index (κ3) is 7.91. The summed E-state index contributed by atoms with van der Waals surface area (Å²) in [5.74, 6) is -0.174. The zero-order valence-corrected chi connectivity index (χ0v) is 25.5. The molecule has 45 heavy (non-hydrogen) atoms. The summed E-state index contributed by atoms with van der Waals surface area (Å²) in [4.78, 5) is 52.5. The van der Waals surface area contributed by atoms with Crippen molar-refractivity contribution >= 4 is 41.2 Å². The van der Waals surface area contributed by atoms with Crippen molar-refractivity contribution in [1.29, 1.82) is 0 Å². The Bertz CT molecular complexity index is 1600. The highest BCUT2D eigenvalue weighted by Gasteiger charge is 2.37. The summed E-state index contributed by atoms with van der Waals surface area (Å²) in [7, 11) is 1.51. The van der Waals surface area contributed by atoms with Gasteiger partial charge in [0.05, 0.1) is 38.3 Å². The Kier molecular flexibility index (Phi) is 11.0. The fourth-order valence-corrected chi connectivity index (χ4v) is 4.37. The maximum atomic E-state index is 13.5. The number of urea groups is 1.